The molecule has 3 heterocycles. The van der Waals surface area contributed by atoms with Gasteiger partial charge in [-0.25, -0.2) is 0 Å². The molecule has 0 radical (unpaired) electrons. The maximum Gasteiger partial charge on any atom is 0.269 e. The van der Waals surface area contributed by atoms with Crippen LogP contribution >= 0.6 is 0 Å². The molecular weight excluding hydrogens is 416 g/mol. The first-order valence-corrected chi connectivity index (χ1v) is 11.6. The van der Waals surface area contributed by atoms with Crippen LogP contribution in [0.2, 0.25) is 0 Å². The lowest BCUT2D eigenvalue weighted by Gasteiger charge is -2.31. The minimum absolute atomic E-state index is 0.253. The van der Waals surface area contributed by atoms with E-state index < -0.39 is 12.2 Å². The van der Waals surface area contributed by atoms with Crippen LogP contribution in [0.5, 0.6) is 11.5 Å². The van der Waals surface area contributed by atoms with Crippen molar-refractivity contribution in [2.45, 2.75) is 44.8 Å². The van der Waals surface area contributed by atoms with Crippen molar-refractivity contribution in [3.8, 4) is 22.8 Å². The number of nitrogens with zero attached hydrogens (tertiary/aromatic N) is 3. The van der Waals surface area contributed by atoms with E-state index in [0.717, 1.165) is 30.2 Å². The van der Waals surface area contributed by atoms with E-state index in [1.807, 2.05) is 61.5 Å². The molecular formula is C26H28N4O3. The lowest BCUT2D eigenvalue weighted by atomic mass is 10.1. The number of hydrogen-bond donors (Lipinski definition) is 1. The second-order valence-electron chi connectivity index (χ2n) is 8.56. The van der Waals surface area contributed by atoms with Gasteiger partial charge in [0.1, 0.15) is 6.10 Å². The Kier molecular flexibility index (Phi) is 6.11. The van der Waals surface area contributed by atoms with Gasteiger partial charge in [0.2, 0.25) is 6.10 Å². The number of carbonyl (C=O) groups is 1. The molecule has 2 atom stereocenters. The lowest BCUT2D eigenvalue weighted by molar-refractivity contribution is -0.128. The number of para-hydroxylation sites is 2. The zero-order valence-electron chi connectivity index (χ0n) is 18.7. The van der Waals surface area contributed by atoms with Crippen molar-refractivity contribution >= 4 is 17.4 Å². The van der Waals surface area contributed by atoms with E-state index in [-0.39, 0.29) is 5.91 Å². The van der Waals surface area contributed by atoms with Crippen LogP contribution in [0, 0.1) is 0 Å². The second kappa shape index (κ2) is 9.48. The number of hydrogen-bond acceptors (Lipinski definition) is 6. The Morgan fingerprint density at radius 3 is 2.39 bits per heavy atom. The minimum Gasteiger partial charge on any atom is -0.482 e. The van der Waals surface area contributed by atoms with Crippen LogP contribution in [-0.4, -0.2) is 41.4 Å². The smallest absolute Gasteiger partial charge is 0.269 e. The van der Waals surface area contributed by atoms with Crippen molar-refractivity contribution in [2.75, 3.05) is 23.3 Å². The molecule has 0 spiro atoms. The summed E-state index contributed by atoms with van der Waals surface area (Å²) < 4.78 is 11.8. The summed E-state index contributed by atoms with van der Waals surface area (Å²) in [6.07, 6.45) is 3.82. The fourth-order valence-corrected chi connectivity index (χ4v) is 4.32. The molecule has 7 nitrogen and oxygen atoms in total. The summed E-state index contributed by atoms with van der Waals surface area (Å²) in [5.74, 6) is 1.90. The van der Waals surface area contributed by atoms with Crippen molar-refractivity contribution in [2.24, 2.45) is 0 Å². The van der Waals surface area contributed by atoms with Crippen LogP contribution in [-0.2, 0) is 4.79 Å². The normalized spacial score (nSPS) is 20.1. The number of anilines is 2. The fourth-order valence-electron chi connectivity index (χ4n) is 4.32. The highest BCUT2D eigenvalue weighted by Gasteiger charge is 2.34. The third-order valence-corrected chi connectivity index (χ3v) is 6.11. The third-order valence-electron chi connectivity index (χ3n) is 6.11. The summed E-state index contributed by atoms with van der Waals surface area (Å²) in [6.45, 7) is 3.90. The van der Waals surface area contributed by atoms with E-state index in [0.29, 0.717) is 17.2 Å². The van der Waals surface area contributed by atoms with Gasteiger partial charge in [-0.15, -0.1) is 10.2 Å². The Labute approximate surface area is 193 Å². The van der Waals surface area contributed by atoms with E-state index in [1.54, 1.807) is 6.07 Å². The first-order chi connectivity index (χ1) is 16.2. The molecule has 2 unspecified atom stereocenters. The molecule has 0 aliphatic carbocycles. The molecule has 2 aliphatic heterocycles. The third kappa shape index (κ3) is 4.77. The topological polar surface area (TPSA) is 76.6 Å². The summed E-state index contributed by atoms with van der Waals surface area (Å²) in [4.78, 5) is 15.2. The number of aromatic nitrogens is 2. The average molecular weight is 445 g/mol. The van der Waals surface area contributed by atoms with Crippen LogP contribution in [0.4, 0.5) is 11.5 Å². The second-order valence-corrected chi connectivity index (χ2v) is 8.56. The highest BCUT2D eigenvalue weighted by atomic mass is 16.6. The molecule has 1 saturated heterocycles. The molecule has 5 rings (SSSR count). The van der Waals surface area contributed by atoms with Gasteiger partial charge in [0.15, 0.2) is 17.3 Å². The zero-order valence-corrected chi connectivity index (χ0v) is 18.7. The van der Waals surface area contributed by atoms with Crippen LogP contribution in [0.3, 0.4) is 0 Å². The van der Waals surface area contributed by atoms with Crippen molar-refractivity contribution in [3.63, 3.8) is 0 Å². The molecule has 7 heteroatoms. The molecule has 0 bridgehead atoms. The van der Waals surface area contributed by atoms with Gasteiger partial charge in [0.05, 0.1) is 5.69 Å². The molecule has 2 aliphatic rings. The molecule has 2 aromatic carbocycles. The monoisotopic (exact) mass is 444 g/mol. The average Bonchev–Trinajstić information content (AvgIpc) is 3.13. The molecule has 0 saturated carbocycles. The maximum absolute atomic E-state index is 12.9. The van der Waals surface area contributed by atoms with E-state index >= 15 is 0 Å². The number of nitrogens with one attached hydrogen (secondary N) is 1. The molecule has 1 aromatic heterocycles. The zero-order chi connectivity index (χ0) is 22.6. The van der Waals surface area contributed by atoms with Gasteiger partial charge in [0, 0.05) is 24.3 Å². The highest BCUT2D eigenvalue weighted by Crippen LogP contribution is 2.34. The number of carbonyl (C=O) groups excluding carboxylic acids is 1. The number of fused-ring (bicyclic) bond motifs is 1. The Morgan fingerprint density at radius 2 is 1.67 bits per heavy atom. The standard InChI is InChI=1S/C26H28N4O3/c1-18-25(33-23-12-5-4-11-22(23)32-18)26(31)27-20-10-8-9-19(17-20)21-13-14-24(29-28-21)30-15-6-2-3-7-16-30/h4-5,8-14,17-18,25H,2-3,6-7,15-16H2,1H3,(H,27,31). The largest absolute Gasteiger partial charge is 0.482 e. The summed E-state index contributed by atoms with van der Waals surface area (Å²) in [6, 6.07) is 19.0. The van der Waals surface area contributed by atoms with Gasteiger partial charge in [-0.1, -0.05) is 37.1 Å². The molecule has 3 aromatic rings. The van der Waals surface area contributed by atoms with Crippen LogP contribution < -0.4 is 19.7 Å². The van der Waals surface area contributed by atoms with Crippen molar-refractivity contribution in [1.29, 1.82) is 0 Å². The summed E-state index contributed by atoms with van der Waals surface area (Å²) in [5.41, 5.74) is 2.33. The quantitative estimate of drug-likeness (QED) is 0.629. The van der Waals surface area contributed by atoms with E-state index in [2.05, 4.69) is 20.4 Å². The van der Waals surface area contributed by atoms with Gasteiger partial charge in [-0.3, -0.25) is 4.79 Å². The molecule has 33 heavy (non-hydrogen) atoms. The van der Waals surface area contributed by atoms with E-state index in [9.17, 15) is 4.79 Å². The van der Waals surface area contributed by atoms with Crippen molar-refractivity contribution < 1.29 is 14.3 Å². The summed E-state index contributed by atoms with van der Waals surface area (Å²) in [5, 5.41) is 11.9. The first-order valence-electron chi connectivity index (χ1n) is 11.6. The number of amides is 1. The van der Waals surface area contributed by atoms with Crippen LogP contribution in [0.25, 0.3) is 11.3 Å². The SMILES string of the molecule is CC1Oc2ccccc2OC1C(=O)Nc1cccc(-c2ccc(N3CCCCCC3)nn2)c1. The Balaban J connectivity index is 1.28. The van der Waals surface area contributed by atoms with Crippen molar-refractivity contribution in [3.05, 3.63) is 60.7 Å². The summed E-state index contributed by atoms with van der Waals surface area (Å²) in [7, 11) is 0. The highest BCUT2D eigenvalue weighted by molar-refractivity contribution is 5.95. The lowest BCUT2D eigenvalue weighted by Crippen LogP contribution is -2.46. The number of ether oxygens (including phenoxy) is 2. The fraction of sp³-hybridized carbons (Fsp3) is 0.346. The predicted octanol–water partition coefficient (Wildman–Crippen LogP) is 4.69. The minimum atomic E-state index is -0.740. The first kappa shape index (κ1) is 21.2. The van der Waals surface area contributed by atoms with Crippen LogP contribution in [0.1, 0.15) is 32.6 Å². The molecule has 1 N–H and O–H groups in total. The predicted molar refractivity (Wildman–Crippen MR) is 128 cm³/mol. The van der Waals surface area contributed by atoms with Gasteiger partial charge >= 0.3 is 0 Å². The van der Waals surface area contributed by atoms with Crippen LogP contribution in [0.15, 0.2) is 60.7 Å². The Bertz CT molecular complexity index is 1110. The van der Waals surface area contributed by atoms with Gasteiger partial charge in [-0.2, -0.15) is 0 Å². The molecule has 170 valence electrons. The Morgan fingerprint density at radius 1 is 0.909 bits per heavy atom. The van der Waals surface area contributed by atoms with E-state index in [4.69, 9.17) is 9.47 Å². The summed E-state index contributed by atoms with van der Waals surface area (Å²) >= 11 is 0. The number of benzene rings is 2. The molecule has 1 amide bonds. The van der Waals surface area contributed by atoms with Gasteiger partial charge < -0.3 is 19.7 Å². The van der Waals surface area contributed by atoms with Crippen molar-refractivity contribution in [1.82, 2.24) is 10.2 Å². The number of rotatable bonds is 4. The maximum atomic E-state index is 12.9. The van der Waals surface area contributed by atoms with E-state index in [1.165, 1.54) is 25.7 Å². The Hall–Kier alpha value is -3.61. The van der Waals surface area contributed by atoms with Gasteiger partial charge in [-0.05, 0) is 56.2 Å². The molecule has 1 fully saturated rings. The van der Waals surface area contributed by atoms with Gasteiger partial charge in [0.25, 0.3) is 5.91 Å².